The molecule has 0 aliphatic carbocycles. The van der Waals surface area contributed by atoms with E-state index in [-0.39, 0.29) is 11.7 Å². The lowest BCUT2D eigenvalue weighted by Gasteiger charge is -2.36. The van der Waals surface area contributed by atoms with Gasteiger partial charge >= 0.3 is 0 Å². The van der Waals surface area contributed by atoms with Crippen LogP contribution in [0.2, 0.25) is 0 Å². The highest BCUT2D eigenvalue weighted by Gasteiger charge is 2.28. The number of amides is 1. The van der Waals surface area contributed by atoms with Crippen LogP contribution in [0.5, 0.6) is 5.75 Å². The second-order valence-electron chi connectivity index (χ2n) is 6.90. The van der Waals surface area contributed by atoms with E-state index < -0.39 is 6.10 Å². The van der Waals surface area contributed by atoms with E-state index in [0.29, 0.717) is 11.7 Å². The topological polar surface area (TPSA) is 42.0 Å². The molecule has 0 saturated carbocycles. The van der Waals surface area contributed by atoms with Gasteiger partial charge < -0.3 is 14.4 Å². The summed E-state index contributed by atoms with van der Waals surface area (Å²) in [4.78, 5) is 16.9. The van der Waals surface area contributed by atoms with Gasteiger partial charge in [0.25, 0.3) is 5.91 Å². The predicted octanol–water partition coefficient (Wildman–Crippen LogP) is 2.16. The van der Waals surface area contributed by atoms with Crippen LogP contribution in [0.4, 0.5) is 4.39 Å². The van der Waals surface area contributed by atoms with Crippen LogP contribution in [0.25, 0.3) is 0 Å². The number of likely N-dealkylation sites (tertiary alicyclic amines) is 1. The van der Waals surface area contributed by atoms with Crippen molar-refractivity contribution in [1.29, 1.82) is 0 Å². The number of nitrogens with zero attached hydrogens (tertiary/aromatic N) is 2. The van der Waals surface area contributed by atoms with Crippen LogP contribution in [0.1, 0.15) is 19.8 Å². The van der Waals surface area contributed by atoms with Crippen LogP contribution in [0, 0.1) is 11.7 Å². The number of piperidine rings is 1. The average molecular weight is 350 g/mol. The van der Waals surface area contributed by atoms with Crippen LogP contribution in [0.15, 0.2) is 24.3 Å². The molecule has 1 aromatic carbocycles. The molecule has 5 nitrogen and oxygen atoms in total. The van der Waals surface area contributed by atoms with Crippen LogP contribution >= 0.6 is 0 Å². The molecule has 0 bridgehead atoms. The van der Waals surface area contributed by atoms with E-state index in [4.69, 9.17) is 9.47 Å². The first kappa shape index (κ1) is 18.1. The van der Waals surface area contributed by atoms with Crippen LogP contribution in [-0.4, -0.2) is 67.7 Å². The largest absolute Gasteiger partial charge is 0.481 e. The number of hydrogen-bond acceptors (Lipinski definition) is 4. The number of halogens is 1. The SMILES string of the molecule is CC(Oc1cccc(F)c1)C(=O)N1CCC(CN2CCOCC2)CC1. The first-order valence-electron chi connectivity index (χ1n) is 9.13. The maximum atomic E-state index is 13.2. The second-order valence-corrected chi connectivity index (χ2v) is 6.90. The minimum Gasteiger partial charge on any atom is -0.481 e. The summed E-state index contributed by atoms with van der Waals surface area (Å²) < 4.78 is 24.2. The van der Waals surface area contributed by atoms with Gasteiger partial charge in [-0.25, -0.2) is 4.39 Å². The molecular weight excluding hydrogens is 323 g/mol. The average Bonchev–Trinajstić information content (AvgIpc) is 2.62. The third-order valence-electron chi connectivity index (χ3n) is 5.00. The van der Waals surface area contributed by atoms with Gasteiger partial charge in [0.15, 0.2) is 6.10 Å². The Morgan fingerprint density at radius 1 is 1.28 bits per heavy atom. The highest BCUT2D eigenvalue weighted by molar-refractivity contribution is 5.81. The van der Waals surface area contributed by atoms with Crippen LogP contribution in [0.3, 0.4) is 0 Å². The van der Waals surface area contributed by atoms with E-state index in [0.717, 1.165) is 58.8 Å². The zero-order valence-corrected chi connectivity index (χ0v) is 14.8. The summed E-state index contributed by atoms with van der Waals surface area (Å²) >= 11 is 0. The molecule has 2 aliphatic heterocycles. The summed E-state index contributed by atoms with van der Waals surface area (Å²) in [5, 5.41) is 0. The fraction of sp³-hybridized carbons (Fsp3) is 0.632. The molecule has 1 amide bonds. The first-order valence-corrected chi connectivity index (χ1v) is 9.13. The number of benzene rings is 1. The van der Waals surface area contributed by atoms with Gasteiger partial charge in [-0.2, -0.15) is 0 Å². The van der Waals surface area contributed by atoms with E-state index >= 15 is 0 Å². The first-order chi connectivity index (χ1) is 12.1. The molecule has 2 aliphatic rings. The Balaban J connectivity index is 1.44. The standard InChI is InChI=1S/C19H27FN2O3/c1-15(25-18-4-2-3-17(20)13-18)19(23)22-7-5-16(6-8-22)14-21-9-11-24-12-10-21/h2-4,13,15-16H,5-12,14H2,1H3. The van der Waals surface area contributed by atoms with Gasteiger partial charge in [-0.05, 0) is 37.8 Å². The van der Waals surface area contributed by atoms with Gasteiger partial charge in [-0.15, -0.1) is 0 Å². The Labute approximate surface area is 148 Å². The Hall–Kier alpha value is -1.66. The van der Waals surface area contributed by atoms with Gasteiger partial charge in [-0.1, -0.05) is 6.07 Å². The lowest BCUT2D eigenvalue weighted by Crippen LogP contribution is -2.47. The quantitative estimate of drug-likeness (QED) is 0.816. The van der Waals surface area contributed by atoms with Crippen LogP contribution in [-0.2, 0) is 9.53 Å². The molecular formula is C19H27FN2O3. The molecule has 2 saturated heterocycles. The number of morpholine rings is 1. The van der Waals surface area contributed by atoms with E-state index in [1.54, 1.807) is 19.1 Å². The van der Waals surface area contributed by atoms with Crippen molar-refractivity contribution in [3.63, 3.8) is 0 Å². The van der Waals surface area contributed by atoms with Crippen molar-refractivity contribution in [3.05, 3.63) is 30.1 Å². The minimum atomic E-state index is -0.599. The zero-order valence-electron chi connectivity index (χ0n) is 14.8. The second kappa shape index (κ2) is 8.63. The lowest BCUT2D eigenvalue weighted by molar-refractivity contribution is -0.139. The minimum absolute atomic E-state index is 0.0194. The maximum absolute atomic E-state index is 13.2. The molecule has 2 heterocycles. The predicted molar refractivity (Wildman–Crippen MR) is 93.1 cm³/mol. The van der Waals surface area contributed by atoms with Gasteiger partial charge in [0.1, 0.15) is 11.6 Å². The molecule has 1 unspecified atom stereocenters. The van der Waals surface area contributed by atoms with E-state index in [1.807, 2.05) is 4.90 Å². The van der Waals surface area contributed by atoms with Gasteiger partial charge in [0, 0.05) is 38.8 Å². The molecule has 0 spiro atoms. The third-order valence-corrected chi connectivity index (χ3v) is 5.00. The van der Waals surface area contributed by atoms with Crippen molar-refractivity contribution in [2.24, 2.45) is 5.92 Å². The molecule has 1 aromatic rings. The number of hydrogen-bond donors (Lipinski definition) is 0. The maximum Gasteiger partial charge on any atom is 0.263 e. The molecule has 3 rings (SSSR count). The summed E-state index contributed by atoms with van der Waals surface area (Å²) in [7, 11) is 0. The van der Waals surface area contributed by atoms with E-state index in [2.05, 4.69) is 4.90 Å². The normalized spacial score (nSPS) is 21.1. The van der Waals surface area contributed by atoms with E-state index in [9.17, 15) is 9.18 Å². The highest BCUT2D eigenvalue weighted by atomic mass is 19.1. The van der Waals surface area contributed by atoms with Gasteiger partial charge in [0.05, 0.1) is 13.2 Å². The Morgan fingerprint density at radius 3 is 2.68 bits per heavy atom. The highest BCUT2D eigenvalue weighted by Crippen LogP contribution is 2.21. The number of ether oxygens (including phenoxy) is 2. The third kappa shape index (κ3) is 5.16. The van der Waals surface area contributed by atoms with Crippen molar-refractivity contribution in [3.8, 4) is 5.75 Å². The molecule has 0 N–H and O–H groups in total. The fourth-order valence-electron chi connectivity index (χ4n) is 3.54. The summed E-state index contributed by atoms with van der Waals surface area (Å²) in [5.41, 5.74) is 0. The molecule has 6 heteroatoms. The molecule has 1 atom stereocenters. The molecule has 2 fully saturated rings. The van der Waals surface area contributed by atoms with Crippen molar-refractivity contribution in [2.75, 3.05) is 45.9 Å². The van der Waals surface area contributed by atoms with Crippen LogP contribution < -0.4 is 4.74 Å². The summed E-state index contributed by atoms with van der Waals surface area (Å²) in [6.07, 6.45) is 1.45. The van der Waals surface area contributed by atoms with Gasteiger partial charge in [0.2, 0.25) is 0 Å². The summed E-state index contributed by atoms with van der Waals surface area (Å²) in [5.74, 6) is 0.653. The van der Waals surface area contributed by atoms with E-state index in [1.165, 1.54) is 12.1 Å². The summed E-state index contributed by atoms with van der Waals surface area (Å²) in [6.45, 7) is 8.04. The molecule has 138 valence electrons. The van der Waals surface area contributed by atoms with Crippen molar-refractivity contribution >= 4 is 5.91 Å². The Kier molecular flexibility index (Phi) is 6.26. The Morgan fingerprint density at radius 2 is 2.00 bits per heavy atom. The number of carbonyl (C=O) groups is 1. The smallest absolute Gasteiger partial charge is 0.263 e. The number of rotatable bonds is 5. The van der Waals surface area contributed by atoms with Crippen molar-refractivity contribution < 1.29 is 18.7 Å². The lowest BCUT2D eigenvalue weighted by atomic mass is 9.95. The number of carbonyl (C=O) groups excluding carboxylic acids is 1. The monoisotopic (exact) mass is 350 g/mol. The van der Waals surface area contributed by atoms with Gasteiger partial charge in [-0.3, -0.25) is 9.69 Å². The molecule has 25 heavy (non-hydrogen) atoms. The molecule has 0 radical (unpaired) electrons. The summed E-state index contributed by atoms with van der Waals surface area (Å²) in [6, 6.07) is 5.91. The van der Waals surface area contributed by atoms with Crippen molar-refractivity contribution in [1.82, 2.24) is 9.80 Å². The Bertz CT molecular complexity index is 570. The fourth-order valence-corrected chi connectivity index (χ4v) is 3.54. The van der Waals surface area contributed by atoms with Crippen molar-refractivity contribution in [2.45, 2.75) is 25.9 Å². The molecule has 0 aromatic heterocycles. The zero-order chi connectivity index (χ0) is 17.6.